The summed E-state index contributed by atoms with van der Waals surface area (Å²) in [6, 6.07) is 83.3. The molecule has 282 valence electrons. The first kappa shape index (κ1) is 36.3. The largest absolute Gasteiger partial charge is 0.208 e. The topological polar surface area (TPSA) is 38.7 Å². The highest BCUT2D eigenvalue weighted by molar-refractivity contribution is 6.07. The van der Waals surface area contributed by atoms with E-state index in [-0.39, 0.29) is 0 Å². The predicted octanol–water partition coefficient (Wildman–Crippen LogP) is 14.9. The van der Waals surface area contributed by atoms with Crippen molar-refractivity contribution in [1.82, 2.24) is 15.0 Å². The summed E-state index contributed by atoms with van der Waals surface area (Å²) in [6.45, 7) is 0. The Kier molecular flexibility index (Phi) is 9.97. The van der Waals surface area contributed by atoms with E-state index in [1.807, 2.05) is 60.7 Å². The van der Waals surface area contributed by atoms with Crippen molar-refractivity contribution >= 4 is 0 Å². The summed E-state index contributed by atoms with van der Waals surface area (Å²) in [6.07, 6.45) is 0. The maximum Gasteiger partial charge on any atom is 0.164 e. The van der Waals surface area contributed by atoms with E-state index >= 15 is 0 Å². The maximum absolute atomic E-state index is 5.13. The molecule has 0 aliphatic rings. The van der Waals surface area contributed by atoms with Gasteiger partial charge in [0.25, 0.3) is 0 Å². The molecule has 3 heteroatoms. The van der Waals surface area contributed by atoms with Crippen molar-refractivity contribution in [2.24, 2.45) is 0 Å². The molecule has 10 rings (SSSR count). The lowest BCUT2D eigenvalue weighted by atomic mass is 9.78. The summed E-state index contributed by atoms with van der Waals surface area (Å²) in [5.74, 6) is 1.89. The number of rotatable bonds is 9. The van der Waals surface area contributed by atoms with Gasteiger partial charge in [-0.1, -0.05) is 224 Å². The third-order valence-corrected chi connectivity index (χ3v) is 11.0. The van der Waals surface area contributed by atoms with Gasteiger partial charge in [-0.3, -0.25) is 0 Å². The van der Waals surface area contributed by atoms with E-state index in [1.165, 1.54) is 27.8 Å². The van der Waals surface area contributed by atoms with Crippen LogP contribution >= 0.6 is 0 Å². The average molecular weight is 766 g/mol. The van der Waals surface area contributed by atoms with E-state index in [4.69, 9.17) is 15.0 Å². The third-order valence-electron chi connectivity index (χ3n) is 11.0. The molecular weight excluding hydrogens is 727 g/mol. The molecule has 1 aromatic heterocycles. The fourth-order valence-electron chi connectivity index (χ4n) is 8.17. The van der Waals surface area contributed by atoms with Gasteiger partial charge in [-0.2, -0.15) is 0 Å². The number of benzene rings is 9. The van der Waals surface area contributed by atoms with E-state index in [2.05, 4.69) is 176 Å². The zero-order chi connectivity index (χ0) is 40.1. The molecule has 60 heavy (non-hydrogen) atoms. The molecule has 0 N–H and O–H groups in total. The second-order valence-electron chi connectivity index (χ2n) is 14.7. The first-order valence-corrected chi connectivity index (χ1v) is 20.3. The fourth-order valence-corrected chi connectivity index (χ4v) is 8.17. The van der Waals surface area contributed by atoms with Crippen molar-refractivity contribution < 1.29 is 0 Å². The molecule has 0 saturated carbocycles. The van der Waals surface area contributed by atoms with Crippen LogP contribution in [0.25, 0.3) is 101 Å². The van der Waals surface area contributed by atoms with Gasteiger partial charge < -0.3 is 0 Å². The van der Waals surface area contributed by atoms with Crippen molar-refractivity contribution in [3.63, 3.8) is 0 Å². The maximum atomic E-state index is 5.13. The van der Waals surface area contributed by atoms with E-state index in [1.54, 1.807) is 0 Å². The minimum absolute atomic E-state index is 0.624. The van der Waals surface area contributed by atoms with Crippen molar-refractivity contribution in [1.29, 1.82) is 0 Å². The average Bonchev–Trinajstić information content (AvgIpc) is 3.35. The molecule has 0 unspecified atom stereocenters. The molecule has 0 atom stereocenters. The lowest BCUT2D eigenvalue weighted by Gasteiger charge is -2.24. The molecule has 0 aliphatic heterocycles. The van der Waals surface area contributed by atoms with Gasteiger partial charge in [0.05, 0.1) is 0 Å². The molecule has 0 bridgehead atoms. The summed E-state index contributed by atoms with van der Waals surface area (Å²) in [4.78, 5) is 15.2. The van der Waals surface area contributed by atoms with Crippen LogP contribution in [0, 0.1) is 0 Å². The van der Waals surface area contributed by atoms with E-state index in [0.29, 0.717) is 17.5 Å². The van der Waals surface area contributed by atoms with Crippen molar-refractivity contribution in [3.8, 4) is 101 Å². The molecule has 0 fully saturated rings. The zero-order valence-electron chi connectivity index (χ0n) is 32.9. The predicted molar refractivity (Wildman–Crippen MR) is 249 cm³/mol. The second kappa shape index (κ2) is 16.5. The van der Waals surface area contributed by atoms with Crippen molar-refractivity contribution in [3.05, 3.63) is 237 Å². The Morgan fingerprint density at radius 1 is 0.183 bits per heavy atom. The van der Waals surface area contributed by atoms with Crippen LogP contribution in [0.15, 0.2) is 237 Å². The summed E-state index contributed by atoms with van der Waals surface area (Å²) >= 11 is 0. The van der Waals surface area contributed by atoms with Crippen LogP contribution in [-0.4, -0.2) is 15.0 Å². The highest BCUT2D eigenvalue weighted by Crippen LogP contribution is 2.50. The molecule has 1 heterocycles. The van der Waals surface area contributed by atoms with Gasteiger partial charge in [0.2, 0.25) is 0 Å². The zero-order valence-corrected chi connectivity index (χ0v) is 32.9. The summed E-state index contributed by atoms with van der Waals surface area (Å²) in [5.41, 5.74) is 16.6. The standard InChI is InChI=1S/C57H39N3/c1-7-22-40(23-8-1)50-39-51(53(42-26-11-3-12-27-42)54(43-28-13-4-14-29-43)52(50)41-24-9-2-10-25-41)47-35-21-34-46(38-47)48-36-19-20-37-49(48)57-59-55(44-30-15-5-16-31-44)58-56(60-57)45-32-17-6-18-33-45/h1-39H. The highest BCUT2D eigenvalue weighted by atomic mass is 15.0. The number of aromatic nitrogens is 3. The Bertz CT molecular complexity index is 2980. The first-order chi connectivity index (χ1) is 29.8. The molecular formula is C57H39N3. The monoisotopic (exact) mass is 765 g/mol. The molecule has 0 aliphatic carbocycles. The quantitative estimate of drug-likeness (QED) is 0.147. The van der Waals surface area contributed by atoms with Crippen LogP contribution in [0.5, 0.6) is 0 Å². The second-order valence-corrected chi connectivity index (χ2v) is 14.7. The van der Waals surface area contributed by atoms with Crippen LogP contribution in [-0.2, 0) is 0 Å². The van der Waals surface area contributed by atoms with Crippen LogP contribution in [0.3, 0.4) is 0 Å². The van der Waals surface area contributed by atoms with Crippen molar-refractivity contribution in [2.45, 2.75) is 0 Å². The molecule has 0 saturated heterocycles. The number of nitrogens with zero attached hydrogens (tertiary/aromatic N) is 3. The first-order valence-electron chi connectivity index (χ1n) is 20.3. The van der Waals surface area contributed by atoms with E-state index in [0.717, 1.165) is 55.6 Å². The molecule has 10 aromatic rings. The minimum atomic E-state index is 0.624. The number of hydrogen-bond acceptors (Lipinski definition) is 3. The SMILES string of the molecule is c1ccc(-c2nc(-c3ccccc3)nc(-c3ccccc3-c3cccc(-c4cc(-c5ccccc5)c(-c5ccccc5)c(-c5ccccc5)c4-c4ccccc4)c3)n2)cc1. The van der Waals surface area contributed by atoms with Crippen LogP contribution < -0.4 is 0 Å². The lowest BCUT2D eigenvalue weighted by Crippen LogP contribution is -2.01. The molecule has 3 nitrogen and oxygen atoms in total. The number of hydrogen-bond donors (Lipinski definition) is 0. The van der Waals surface area contributed by atoms with Crippen LogP contribution in [0.1, 0.15) is 0 Å². The van der Waals surface area contributed by atoms with Crippen LogP contribution in [0.4, 0.5) is 0 Å². The summed E-state index contributed by atoms with van der Waals surface area (Å²) < 4.78 is 0. The van der Waals surface area contributed by atoms with Gasteiger partial charge in [0.1, 0.15) is 0 Å². The van der Waals surface area contributed by atoms with Crippen molar-refractivity contribution in [2.75, 3.05) is 0 Å². The van der Waals surface area contributed by atoms with Gasteiger partial charge in [-0.25, -0.2) is 15.0 Å². The smallest absolute Gasteiger partial charge is 0.164 e. The fraction of sp³-hybridized carbons (Fsp3) is 0. The Hall–Kier alpha value is -8.01. The van der Waals surface area contributed by atoms with Crippen LogP contribution in [0.2, 0.25) is 0 Å². The van der Waals surface area contributed by atoms with Gasteiger partial charge in [-0.15, -0.1) is 0 Å². The molecule has 0 radical (unpaired) electrons. The Morgan fingerprint density at radius 3 is 0.967 bits per heavy atom. The normalized spacial score (nSPS) is 11.0. The Balaban J connectivity index is 1.22. The van der Waals surface area contributed by atoms with Gasteiger partial charge in [0, 0.05) is 16.7 Å². The molecule has 9 aromatic carbocycles. The van der Waals surface area contributed by atoms with E-state index < -0.39 is 0 Å². The highest BCUT2D eigenvalue weighted by Gasteiger charge is 2.24. The van der Waals surface area contributed by atoms with Gasteiger partial charge in [-0.05, 0) is 78.9 Å². The Morgan fingerprint density at radius 2 is 0.500 bits per heavy atom. The third kappa shape index (κ3) is 7.21. The minimum Gasteiger partial charge on any atom is -0.208 e. The van der Waals surface area contributed by atoms with E-state index in [9.17, 15) is 0 Å². The summed E-state index contributed by atoms with van der Waals surface area (Å²) in [5, 5.41) is 0. The Labute approximate surface area is 351 Å². The molecule has 0 amide bonds. The lowest BCUT2D eigenvalue weighted by molar-refractivity contribution is 1.07. The summed E-state index contributed by atoms with van der Waals surface area (Å²) in [7, 11) is 0. The molecule has 0 spiro atoms. The van der Waals surface area contributed by atoms with Gasteiger partial charge >= 0.3 is 0 Å². The van der Waals surface area contributed by atoms with Gasteiger partial charge in [0.15, 0.2) is 17.5 Å².